The van der Waals surface area contributed by atoms with Gasteiger partial charge in [0.2, 0.25) is 0 Å². The summed E-state index contributed by atoms with van der Waals surface area (Å²) < 4.78 is 40.8. The molecule has 4 rings (SSSR count). The normalized spacial score (nSPS) is 15.7. The zero-order valence-corrected chi connectivity index (χ0v) is 16.7. The molecule has 0 aliphatic carbocycles. The Kier molecular flexibility index (Phi) is 5.51. The molecular formula is C22H23F3N4O. The van der Waals surface area contributed by atoms with Crippen LogP contribution >= 0.6 is 0 Å². The molecule has 8 heteroatoms. The molecule has 3 aromatic rings. The van der Waals surface area contributed by atoms with Crippen molar-refractivity contribution in [2.24, 2.45) is 0 Å². The fourth-order valence-corrected chi connectivity index (χ4v) is 3.83. The Balaban J connectivity index is 1.54. The van der Waals surface area contributed by atoms with E-state index in [2.05, 4.69) is 22.0 Å². The molecule has 1 amide bonds. The first-order valence-corrected chi connectivity index (χ1v) is 10.0. The largest absolute Gasteiger partial charge is 0.417 e. The lowest BCUT2D eigenvalue weighted by molar-refractivity contribution is -0.137. The van der Waals surface area contributed by atoms with Crippen LogP contribution in [0.3, 0.4) is 0 Å². The summed E-state index contributed by atoms with van der Waals surface area (Å²) in [5.74, 6) is -0.266. The fourth-order valence-electron chi connectivity index (χ4n) is 3.83. The van der Waals surface area contributed by atoms with E-state index >= 15 is 0 Å². The number of pyridine rings is 1. The number of benzene rings is 1. The number of alkyl halides is 3. The van der Waals surface area contributed by atoms with Gasteiger partial charge in [-0.2, -0.15) is 13.2 Å². The fraction of sp³-hybridized carbons (Fsp3) is 0.364. The summed E-state index contributed by atoms with van der Waals surface area (Å²) in [6.07, 6.45) is -3.04. The molecule has 0 saturated carbocycles. The number of carbonyl (C=O) groups excluding carboxylic acids is 1. The Hall–Kier alpha value is -2.87. The Bertz CT molecular complexity index is 1040. The minimum Gasteiger partial charge on any atom is -0.335 e. The topological polar surface area (TPSA) is 40.9 Å². The molecule has 0 N–H and O–H groups in total. The van der Waals surface area contributed by atoms with E-state index in [9.17, 15) is 18.0 Å². The van der Waals surface area contributed by atoms with Crippen molar-refractivity contribution in [2.75, 3.05) is 26.2 Å². The molecule has 0 atom stereocenters. The van der Waals surface area contributed by atoms with Crippen molar-refractivity contribution >= 4 is 11.6 Å². The highest BCUT2D eigenvalue weighted by atomic mass is 19.4. The molecule has 0 bridgehead atoms. The summed E-state index contributed by atoms with van der Waals surface area (Å²) in [6.45, 7) is 5.15. The van der Waals surface area contributed by atoms with Gasteiger partial charge in [-0.1, -0.05) is 37.3 Å². The molecule has 1 saturated heterocycles. The van der Waals surface area contributed by atoms with Crippen LogP contribution in [0.25, 0.3) is 5.65 Å². The van der Waals surface area contributed by atoms with Gasteiger partial charge < -0.3 is 4.90 Å². The van der Waals surface area contributed by atoms with E-state index in [0.29, 0.717) is 43.9 Å². The Morgan fingerprint density at radius 2 is 1.73 bits per heavy atom. The average molecular weight is 416 g/mol. The number of halogens is 3. The Labute approximate surface area is 172 Å². The first-order chi connectivity index (χ1) is 14.4. The third kappa shape index (κ3) is 4.05. The van der Waals surface area contributed by atoms with Crippen LogP contribution < -0.4 is 0 Å². The third-order valence-electron chi connectivity index (χ3n) is 5.46. The highest BCUT2D eigenvalue weighted by Crippen LogP contribution is 2.30. The second-order valence-electron chi connectivity index (χ2n) is 7.46. The lowest BCUT2D eigenvalue weighted by Crippen LogP contribution is -2.48. The first kappa shape index (κ1) is 20.4. The van der Waals surface area contributed by atoms with E-state index in [1.54, 1.807) is 4.90 Å². The van der Waals surface area contributed by atoms with Crippen molar-refractivity contribution < 1.29 is 18.0 Å². The number of aromatic nitrogens is 2. The van der Waals surface area contributed by atoms with Gasteiger partial charge in [-0.3, -0.25) is 14.1 Å². The second kappa shape index (κ2) is 8.10. The van der Waals surface area contributed by atoms with Crippen molar-refractivity contribution in [2.45, 2.75) is 26.1 Å². The van der Waals surface area contributed by atoms with Gasteiger partial charge in [0.25, 0.3) is 5.91 Å². The zero-order valence-electron chi connectivity index (χ0n) is 16.7. The molecule has 30 heavy (non-hydrogen) atoms. The predicted octanol–water partition coefficient (Wildman–Crippen LogP) is 3.87. The minimum absolute atomic E-state index is 0.232. The molecular weight excluding hydrogens is 393 g/mol. The average Bonchev–Trinajstić information content (AvgIpc) is 3.12. The third-order valence-corrected chi connectivity index (χ3v) is 5.46. The summed E-state index contributed by atoms with van der Waals surface area (Å²) in [5, 5.41) is 0. The number of piperazine rings is 1. The van der Waals surface area contributed by atoms with Crippen LogP contribution in [0.15, 0.2) is 48.7 Å². The maximum atomic E-state index is 13.2. The highest BCUT2D eigenvalue weighted by molar-refractivity contribution is 5.95. The van der Waals surface area contributed by atoms with Crippen molar-refractivity contribution in [1.82, 2.24) is 19.2 Å². The van der Waals surface area contributed by atoms with Gasteiger partial charge in [-0.05, 0) is 24.1 Å². The van der Waals surface area contributed by atoms with Crippen molar-refractivity contribution in [3.05, 3.63) is 71.2 Å². The van der Waals surface area contributed by atoms with Crippen LogP contribution in [0, 0.1) is 0 Å². The minimum atomic E-state index is -4.48. The lowest BCUT2D eigenvalue weighted by Gasteiger charge is -2.34. The molecule has 1 aliphatic heterocycles. The van der Waals surface area contributed by atoms with Gasteiger partial charge in [0, 0.05) is 38.9 Å². The molecule has 1 fully saturated rings. The first-order valence-electron chi connectivity index (χ1n) is 10.0. The molecule has 0 radical (unpaired) electrons. The molecule has 0 unspecified atom stereocenters. The number of fused-ring (bicyclic) bond motifs is 1. The van der Waals surface area contributed by atoms with E-state index in [4.69, 9.17) is 0 Å². The van der Waals surface area contributed by atoms with Gasteiger partial charge >= 0.3 is 6.18 Å². The Morgan fingerprint density at radius 1 is 1.03 bits per heavy atom. The van der Waals surface area contributed by atoms with Gasteiger partial charge in [0.1, 0.15) is 11.3 Å². The van der Waals surface area contributed by atoms with Crippen LogP contribution in [0.5, 0.6) is 0 Å². The van der Waals surface area contributed by atoms with Crippen molar-refractivity contribution in [3.8, 4) is 0 Å². The highest BCUT2D eigenvalue weighted by Gasteiger charge is 2.32. The predicted molar refractivity (Wildman–Crippen MR) is 107 cm³/mol. The SMILES string of the molecule is CCc1nc2ccc(C(F)(F)F)cn2c1C(=O)N1CCN(Cc2ccccc2)CC1. The maximum Gasteiger partial charge on any atom is 0.417 e. The molecule has 3 heterocycles. The van der Waals surface area contributed by atoms with Crippen LogP contribution in [0.1, 0.15) is 34.2 Å². The van der Waals surface area contributed by atoms with Crippen molar-refractivity contribution in [1.29, 1.82) is 0 Å². The molecule has 0 spiro atoms. The summed E-state index contributed by atoms with van der Waals surface area (Å²) in [7, 11) is 0. The van der Waals surface area contributed by atoms with Crippen molar-refractivity contribution in [3.63, 3.8) is 0 Å². The summed E-state index contributed by atoms with van der Waals surface area (Å²) in [6, 6.07) is 12.4. The standard InChI is InChI=1S/C22H23F3N4O/c1-2-18-20(29-15-17(22(23,24)25)8-9-19(29)26-18)21(30)28-12-10-27(11-13-28)14-16-6-4-3-5-7-16/h3-9,15H,2,10-14H2,1H3. The van der Waals surface area contributed by atoms with E-state index < -0.39 is 11.7 Å². The number of imidazole rings is 1. The number of amides is 1. The Morgan fingerprint density at radius 3 is 2.37 bits per heavy atom. The van der Waals surface area contributed by atoms with E-state index in [1.807, 2.05) is 25.1 Å². The maximum absolute atomic E-state index is 13.2. The quantitative estimate of drug-likeness (QED) is 0.648. The van der Waals surface area contributed by atoms with Gasteiger partial charge in [0.05, 0.1) is 11.3 Å². The molecule has 158 valence electrons. The molecule has 5 nitrogen and oxygen atoms in total. The van der Waals surface area contributed by atoms with Crippen LogP contribution in [0.4, 0.5) is 13.2 Å². The molecule has 2 aromatic heterocycles. The lowest BCUT2D eigenvalue weighted by atomic mass is 10.2. The molecule has 1 aliphatic rings. The summed E-state index contributed by atoms with van der Waals surface area (Å²) in [5.41, 5.74) is 1.52. The number of aryl methyl sites for hydroxylation is 1. The van der Waals surface area contributed by atoms with Gasteiger partial charge in [-0.25, -0.2) is 4.98 Å². The monoisotopic (exact) mass is 416 g/mol. The zero-order chi connectivity index (χ0) is 21.3. The van der Waals surface area contributed by atoms with Crippen LogP contribution in [-0.2, 0) is 19.1 Å². The van der Waals surface area contributed by atoms with E-state index in [0.717, 1.165) is 18.8 Å². The van der Waals surface area contributed by atoms with Gasteiger partial charge in [-0.15, -0.1) is 0 Å². The number of nitrogens with zero attached hydrogens (tertiary/aromatic N) is 4. The number of hydrogen-bond acceptors (Lipinski definition) is 3. The summed E-state index contributed by atoms with van der Waals surface area (Å²) >= 11 is 0. The smallest absolute Gasteiger partial charge is 0.335 e. The molecule has 1 aromatic carbocycles. The second-order valence-corrected chi connectivity index (χ2v) is 7.46. The summed E-state index contributed by atoms with van der Waals surface area (Å²) in [4.78, 5) is 21.6. The number of carbonyl (C=O) groups is 1. The number of hydrogen-bond donors (Lipinski definition) is 0. The van der Waals surface area contributed by atoms with Gasteiger partial charge in [0.15, 0.2) is 0 Å². The number of rotatable bonds is 4. The van der Waals surface area contributed by atoms with Crippen LogP contribution in [0.2, 0.25) is 0 Å². The van der Waals surface area contributed by atoms with Crippen LogP contribution in [-0.4, -0.2) is 51.3 Å². The van der Waals surface area contributed by atoms with E-state index in [-0.39, 0.29) is 11.6 Å². The van der Waals surface area contributed by atoms with E-state index in [1.165, 1.54) is 16.0 Å².